The maximum atomic E-state index is 5.70. The molecule has 2 aliphatic heterocycles. The van der Waals surface area contributed by atoms with Crippen LogP contribution in [0.3, 0.4) is 0 Å². The lowest BCUT2D eigenvalue weighted by atomic mass is 10.2. The predicted molar refractivity (Wildman–Crippen MR) is 117 cm³/mol. The third-order valence-electron chi connectivity index (χ3n) is 4.62. The molecule has 4 nitrogen and oxygen atoms in total. The third-order valence-corrected chi connectivity index (χ3v) is 5.86. The van der Waals surface area contributed by atoms with Crippen LogP contribution in [0, 0.1) is 5.92 Å². The van der Waals surface area contributed by atoms with Gasteiger partial charge in [-0.05, 0) is 44.2 Å². The van der Waals surface area contributed by atoms with Gasteiger partial charge in [-0.2, -0.15) is 0 Å². The highest BCUT2D eigenvalue weighted by Crippen LogP contribution is 2.26. The molecule has 6 heteroatoms. The number of benzene rings is 1. The Morgan fingerprint density at radius 1 is 1.32 bits per heavy atom. The number of hydrogen-bond acceptors (Lipinski definition) is 3. The van der Waals surface area contributed by atoms with Crippen molar-refractivity contribution in [1.29, 1.82) is 0 Å². The monoisotopic (exact) mass is 475 g/mol. The molecule has 3 rings (SSSR count). The van der Waals surface area contributed by atoms with E-state index in [2.05, 4.69) is 47.5 Å². The summed E-state index contributed by atoms with van der Waals surface area (Å²) < 4.78 is 5.70. The molecule has 2 heterocycles. The summed E-state index contributed by atoms with van der Waals surface area (Å²) in [5.41, 5.74) is 0. The van der Waals surface area contributed by atoms with Crippen molar-refractivity contribution in [2.24, 2.45) is 10.9 Å². The largest absolute Gasteiger partial charge is 0.376 e. The van der Waals surface area contributed by atoms with Crippen molar-refractivity contribution in [2.75, 3.05) is 38.5 Å². The van der Waals surface area contributed by atoms with Gasteiger partial charge >= 0.3 is 0 Å². The molecule has 2 unspecified atom stereocenters. The molecular weight excluding hydrogens is 445 g/mol. The number of nitrogens with zero attached hydrogens (tertiary/aromatic N) is 2. The molecule has 0 radical (unpaired) electrons. The van der Waals surface area contributed by atoms with Crippen LogP contribution in [0.2, 0.25) is 0 Å². The molecule has 0 aromatic heterocycles. The molecule has 1 N–H and O–H groups in total. The molecule has 0 amide bonds. The van der Waals surface area contributed by atoms with Crippen molar-refractivity contribution in [1.82, 2.24) is 10.2 Å². The summed E-state index contributed by atoms with van der Waals surface area (Å²) in [7, 11) is 0. The van der Waals surface area contributed by atoms with E-state index in [9.17, 15) is 0 Å². The molecule has 0 aliphatic carbocycles. The fraction of sp³-hybridized carbons (Fsp3) is 0.632. The first-order valence-electron chi connectivity index (χ1n) is 9.18. The van der Waals surface area contributed by atoms with Crippen LogP contribution in [0.1, 0.15) is 26.2 Å². The SMILES string of the molecule is CCNC(=NCC1CCCO1)N1CCC(CSc2ccccc2)C1.I. The summed E-state index contributed by atoms with van der Waals surface area (Å²) in [5.74, 6) is 2.99. The number of hydrogen-bond donors (Lipinski definition) is 1. The summed E-state index contributed by atoms with van der Waals surface area (Å²) >= 11 is 1.97. The molecule has 25 heavy (non-hydrogen) atoms. The number of thioether (sulfide) groups is 1. The van der Waals surface area contributed by atoms with Gasteiger partial charge in [0.05, 0.1) is 12.6 Å². The lowest BCUT2D eigenvalue weighted by Gasteiger charge is -2.22. The summed E-state index contributed by atoms with van der Waals surface area (Å²) in [6.45, 7) is 6.97. The van der Waals surface area contributed by atoms with E-state index in [-0.39, 0.29) is 24.0 Å². The van der Waals surface area contributed by atoms with Crippen molar-refractivity contribution in [3.8, 4) is 0 Å². The average Bonchev–Trinajstić information content (AvgIpc) is 3.29. The summed E-state index contributed by atoms with van der Waals surface area (Å²) in [6, 6.07) is 10.7. The Labute approximate surface area is 173 Å². The van der Waals surface area contributed by atoms with E-state index in [0.717, 1.165) is 51.1 Å². The van der Waals surface area contributed by atoms with Crippen molar-refractivity contribution in [3.05, 3.63) is 30.3 Å². The molecule has 1 aromatic rings. The number of rotatable bonds is 6. The normalized spacial score (nSPS) is 23.6. The van der Waals surface area contributed by atoms with Crippen molar-refractivity contribution in [3.63, 3.8) is 0 Å². The number of ether oxygens (including phenoxy) is 1. The zero-order valence-corrected chi connectivity index (χ0v) is 18.2. The molecule has 0 bridgehead atoms. The Morgan fingerprint density at radius 2 is 2.16 bits per heavy atom. The molecule has 1 aromatic carbocycles. The highest BCUT2D eigenvalue weighted by molar-refractivity contribution is 14.0. The van der Waals surface area contributed by atoms with Crippen LogP contribution in [-0.2, 0) is 4.74 Å². The van der Waals surface area contributed by atoms with E-state index >= 15 is 0 Å². The summed E-state index contributed by atoms with van der Waals surface area (Å²) in [4.78, 5) is 8.63. The van der Waals surface area contributed by atoms with Gasteiger partial charge in [0, 0.05) is 36.9 Å². The maximum Gasteiger partial charge on any atom is 0.194 e. The first-order chi connectivity index (χ1) is 11.8. The quantitative estimate of drug-likeness (QED) is 0.294. The molecule has 2 aliphatic rings. The Kier molecular flexibility index (Phi) is 9.41. The number of guanidine groups is 1. The molecule has 2 atom stereocenters. The summed E-state index contributed by atoms with van der Waals surface area (Å²) in [5, 5.41) is 3.46. The number of halogens is 1. The van der Waals surface area contributed by atoms with Gasteiger partial charge in [-0.3, -0.25) is 4.99 Å². The summed E-state index contributed by atoms with van der Waals surface area (Å²) in [6.07, 6.45) is 3.91. The minimum atomic E-state index is 0. The van der Waals surface area contributed by atoms with Gasteiger partial charge in [-0.15, -0.1) is 35.7 Å². The topological polar surface area (TPSA) is 36.9 Å². The van der Waals surface area contributed by atoms with Crippen molar-refractivity contribution < 1.29 is 4.74 Å². The Hall–Kier alpha value is -0.470. The maximum absolute atomic E-state index is 5.70. The molecule has 0 saturated carbocycles. The zero-order chi connectivity index (χ0) is 16.6. The van der Waals surface area contributed by atoms with Gasteiger partial charge < -0.3 is 15.0 Å². The lowest BCUT2D eigenvalue weighted by molar-refractivity contribution is 0.117. The lowest BCUT2D eigenvalue weighted by Crippen LogP contribution is -2.40. The van der Waals surface area contributed by atoms with Crippen molar-refractivity contribution in [2.45, 2.75) is 37.2 Å². The van der Waals surface area contributed by atoms with Crippen LogP contribution in [0.25, 0.3) is 0 Å². The standard InChI is InChI=1S/C19H29N3OS.HI/c1-2-20-19(21-13-17-7-6-12-23-17)22-11-10-16(14-22)15-24-18-8-4-3-5-9-18;/h3-5,8-9,16-17H,2,6-7,10-15H2,1H3,(H,20,21);1H. The van der Waals surface area contributed by atoms with E-state index in [0.29, 0.717) is 6.10 Å². The molecule has 140 valence electrons. The number of nitrogens with one attached hydrogen (secondary N) is 1. The van der Waals surface area contributed by atoms with E-state index in [1.165, 1.54) is 23.5 Å². The van der Waals surface area contributed by atoms with Crippen LogP contribution in [-0.4, -0.2) is 55.5 Å². The van der Waals surface area contributed by atoms with E-state index < -0.39 is 0 Å². The number of likely N-dealkylation sites (tertiary alicyclic amines) is 1. The average molecular weight is 475 g/mol. The van der Waals surface area contributed by atoms with E-state index in [1.54, 1.807) is 0 Å². The van der Waals surface area contributed by atoms with E-state index in [1.807, 2.05) is 11.8 Å². The van der Waals surface area contributed by atoms with Gasteiger partial charge in [0.25, 0.3) is 0 Å². The van der Waals surface area contributed by atoms with Crippen molar-refractivity contribution >= 4 is 41.7 Å². The first-order valence-corrected chi connectivity index (χ1v) is 10.2. The highest BCUT2D eigenvalue weighted by atomic mass is 127. The fourth-order valence-electron chi connectivity index (χ4n) is 3.29. The smallest absolute Gasteiger partial charge is 0.194 e. The predicted octanol–water partition coefficient (Wildman–Crippen LogP) is 3.86. The van der Waals surface area contributed by atoms with Gasteiger partial charge in [0.2, 0.25) is 0 Å². The van der Waals surface area contributed by atoms with Gasteiger partial charge in [0.15, 0.2) is 5.96 Å². The van der Waals surface area contributed by atoms with Gasteiger partial charge in [0.1, 0.15) is 0 Å². The second-order valence-corrected chi connectivity index (χ2v) is 7.65. The zero-order valence-electron chi connectivity index (χ0n) is 15.0. The minimum Gasteiger partial charge on any atom is -0.376 e. The van der Waals surface area contributed by atoms with Crippen LogP contribution < -0.4 is 5.32 Å². The van der Waals surface area contributed by atoms with Crippen LogP contribution >= 0.6 is 35.7 Å². The van der Waals surface area contributed by atoms with Crippen LogP contribution in [0.15, 0.2) is 40.2 Å². The minimum absolute atomic E-state index is 0. The second-order valence-electron chi connectivity index (χ2n) is 6.55. The molecule has 0 spiro atoms. The Balaban J connectivity index is 0.00000225. The highest BCUT2D eigenvalue weighted by Gasteiger charge is 2.25. The molecule has 2 saturated heterocycles. The Bertz CT molecular complexity index is 523. The molecular formula is C19H30IN3OS. The van der Waals surface area contributed by atoms with Gasteiger partial charge in [-0.1, -0.05) is 18.2 Å². The Morgan fingerprint density at radius 3 is 2.88 bits per heavy atom. The third kappa shape index (κ3) is 6.64. The van der Waals surface area contributed by atoms with E-state index in [4.69, 9.17) is 9.73 Å². The van der Waals surface area contributed by atoms with Crippen LogP contribution in [0.4, 0.5) is 0 Å². The number of aliphatic imine (C=N–C) groups is 1. The first kappa shape index (κ1) is 20.8. The second kappa shape index (κ2) is 11.3. The van der Waals surface area contributed by atoms with Crippen LogP contribution in [0.5, 0.6) is 0 Å². The molecule has 2 fully saturated rings. The fourth-order valence-corrected chi connectivity index (χ4v) is 4.34. The van der Waals surface area contributed by atoms with Gasteiger partial charge in [-0.25, -0.2) is 0 Å².